The van der Waals surface area contributed by atoms with Crippen LogP contribution in [-0.2, 0) is 14.6 Å². The number of hydrogen-bond acceptors (Lipinski definition) is 6. The predicted octanol–water partition coefficient (Wildman–Crippen LogP) is 4.42. The van der Waals surface area contributed by atoms with Crippen LogP contribution in [0.15, 0.2) is 76.5 Å². The fourth-order valence-corrected chi connectivity index (χ4v) is 5.12. The predicted molar refractivity (Wildman–Crippen MR) is 140 cm³/mol. The van der Waals surface area contributed by atoms with Crippen LogP contribution in [0.2, 0.25) is 0 Å². The Hall–Kier alpha value is -3.85. The lowest BCUT2D eigenvalue weighted by molar-refractivity contribution is -0.114. The SMILES string of the molecule is CCC(C)NC(=O)c1ccccc1NC(=O)CNc1cc(C)cc(S(=O)(=O)c2ccccc2)c1OC. The molecule has 8 nitrogen and oxygen atoms in total. The minimum Gasteiger partial charge on any atom is -0.493 e. The van der Waals surface area contributed by atoms with E-state index in [0.717, 1.165) is 6.42 Å². The van der Waals surface area contributed by atoms with E-state index in [1.165, 1.54) is 19.2 Å². The van der Waals surface area contributed by atoms with E-state index in [1.54, 1.807) is 61.5 Å². The zero-order valence-electron chi connectivity index (χ0n) is 20.8. The van der Waals surface area contributed by atoms with Crippen LogP contribution in [0, 0.1) is 6.92 Å². The highest BCUT2D eigenvalue weighted by Crippen LogP contribution is 2.36. The van der Waals surface area contributed by atoms with E-state index < -0.39 is 15.7 Å². The Morgan fingerprint density at radius 2 is 1.64 bits per heavy atom. The summed E-state index contributed by atoms with van der Waals surface area (Å²) in [6.45, 7) is 5.47. The minimum absolute atomic E-state index is 0.00179. The molecule has 0 fully saturated rings. The molecule has 190 valence electrons. The zero-order chi connectivity index (χ0) is 26.3. The van der Waals surface area contributed by atoms with Gasteiger partial charge in [-0.15, -0.1) is 0 Å². The third-order valence-electron chi connectivity index (χ3n) is 5.62. The molecule has 0 saturated carbocycles. The van der Waals surface area contributed by atoms with E-state index in [0.29, 0.717) is 22.5 Å². The second kappa shape index (κ2) is 11.7. The van der Waals surface area contributed by atoms with Gasteiger partial charge in [-0.3, -0.25) is 9.59 Å². The van der Waals surface area contributed by atoms with Crippen molar-refractivity contribution in [2.75, 3.05) is 24.3 Å². The molecule has 0 aromatic heterocycles. The summed E-state index contributed by atoms with van der Waals surface area (Å²) in [5, 5.41) is 8.62. The van der Waals surface area contributed by atoms with E-state index in [2.05, 4.69) is 16.0 Å². The maximum Gasteiger partial charge on any atom is 0.253 e. The quantitative estimate of drug-likeness (QED) is 0.373. The van der Waals surface area contributed by atoms with Crippen molar-refractivity contribution < 1.29 is 22.7 Å². The average Bonchev–Trinajstić information content (AvgIpc) is 2.87. The van der Waals surface area contributed by atoms with Gasteiger partial charge in [0.2, 0.25) is 15.7 Å². The molecule has 0 aliphatic heterocycles. The molecule has 0 aliphatic rings. The Labute approximate surface area is 212 Å². The van der Waals surface area contributed by atoms with E-state index >= 15 is 0 Å². The molecular formula is C27H31N3O5S. The van der Waals surface area contributed by atoms with Crippen molar-refractivity contribution in [3.8, 4) is 5.75 Å². The molecule has 1 unspecified atom stereocenters. The molecule has 0 radical (unpaired) electrons. The van der Waals surface area contributed by atoms with E-state index in [1.807, 2.05) is 13.8 Å². The number of amides is 2. The topological polar surface area (TPSA) is 114 Å². The first kappa shape index (κ1) is 26.7. The summed E-state index contributed by atoms with van der Waals surface area (Å²) in [5.41, 5.74) is 1.79. The Morgan fingerprint density at radius 1 is 0.972 bits per heavy atom. The van der Waals surface area contributed by atoms with Gasteiger partial charge in [-0.25, -0.2) is 8.42 Å². The lowest BCUT2D eigenvalue weighted by Crippen LogP contribution is -2.33. The Balaban J connectivity index is 1.81. The second-order valence-corrected chi connectivity index (χ2v) is 10.3. The summed E-state index contributed by atoms with van der Waals surface area (Å²) in [6, 6.07) is 18.1. The van der Waals surface area contributed by atoms with Crippen LogP contribution in [-0.4, -0.2) is 39.9 Å². The first-order valence-corrected chi connectivity index (χ1v) is 13.1. The number of nitrogens with one attached hydrogen (secondary N) is 3. The number of ether oxygens (including phenoxy) is 1. The maximum absolute atomic E-state index is 13.3. The van der Waals surface area contributed by atoms with Gasteiger partial charge >= 0.3 is 0 Å². The van der Waals surface area contributed by atoms with Crippen molar-refractivity contribution in [2.24, 2.45) is 0 Å². The van der Waals surface area contributed by atoms with Gasteiger partial charge in [0.1, 0.15) is 4.90 Å². The Morgan fingerprint density at radius 3 is 2.31 bits per heavy atom. The number of carbonyl (C=O) groups excluding carboxylic acids is 2. The summed E-state index contributed by atoms with van der Waals surface area (Å²) >= 11 is 0. The van der Waals surface area contributed by atoms with E-state index in [-0.39, 0.29) is 34.0 Å². The zero-order valence-corrected chi connectivity index (χ0v) is 21.6. The van der Waals surface area contributed by atoms with Crippen molar-refractivity contribution in [3.05, 3.63) is 77.9 Å². The molecule has 1 atom stereocenters. The summed E-state index contributed by atoms with van der Waals surface area (Å²) in [4.78, 5) is 25.5. The third kappa shape index (κ3) is 6.23. The number of benzene rings is 3. The molecule has 9 heteroatoms. The summed E-state index contributed by atoms with van der Waals surface area (Å²) < 4.78 is 32.0. The van der Waals surface area contributed by atoms with Crippen LogP contribution in [0.4, 0.5) is 11.4 Å². The van der Waals surface area contributed by atoms with Crippen molar-refractivity contribution in [1.82, 2.24) is 5.32 Å². The van der Waals surface area contributed by atoms with Crippen molar-refractivity contribution in [3.63, 3.8) is 0 Å². The first-order valence-electron chi connectivity index (χ1n) is 11.6. The monoisotopic (exact) mass is 509 g/mol. The fourth-order valence-electron chi connectivity index (χ4n) is 3.57. The number of para-hydroxylation sites is 1. The summed E-state index contributed by atoms with van der Waals surface area (Å²) in [6.07, 6.45) is 0.782. The first-order chi connectivity index (χ1) is 17.2. The number of methoxy groups -OCH3 is 1. The molecule has 3 aromatic carbocycles. The van der Waals surface area contributed by atoms with Crippen LogP contribution in [0.5, 0.6) is 5.75 Å². The Kier molecular flexibility index (Phi) is 8.71. The minimum atomic E-state index is -3.85. The number of anilines is 2. The Bertz CT molecular complexity index is 1340. The number of aryl methyl sites for hydroxylation is 1. The van der Waals surface area contributed by atoms with Crippen LogP contribution < -0.4 is 20.7 Å². The molecule has 0 heterocycles. The summed E-state index contributed by atoms with van der Waals surface area (Å²) in [5.74, 6) is -0.565. The van der Waals surface area contributed by atoms with Gasteiger partial charge in [0.25, 0.3) is 5.91 Å². The van der Waals surface area contributed by atoms with E-state index in [9.17, 15) is 18.0 Å². The molecule has 0 bridgehead atoms. The smallest absolute Gasteiger partial charge is 0.253 e. The lowest BCUT2D eigenvalue weighted by Gasteiger charge is -2.17. The van der Waals surface area contributed by atoms with Gasteiger partial charge in [-0.2, -0.15) is 0 Å². The number of carbonyl (C=O) groups is 2. The highest BCUT2D eigenvalue weighted by molar-refractivity contribution is 7.91. The lowest BCUT2D eigenvalue weighted by atomic mass is 10.1. The van der Waals surface area contributed by atoms with Crippen molar-refractivity contribution in [1.29, 1.82) is 0 Å². The molecule has 3 aromatic rings. The molecule has 2 amide bonds. The highest BCUT2D eigenvalue weighted by atomic mass is 32.2. The summed E-state index contributed by atoms with van der Waals surface area (Å²) in [7, 11) is -2.47. The molecule has 0 aliphatic carbocycles. The fraction of sp³-hybridized carbons (Fsp3) is 0.259. The molecular weight excluding hydrogens is 478 g/mol. The van der Waals surface area contributed by atoms with Crippen LogP contribution >= 0.6 is 0 Å². The molecule has 0 spiro atoms. The number of hydrogen-bond donors (Lipinski definition) is 3. The highest BCUT2D eigenvalue weighted by Gasteiger charge is 2.25. The molecule has 3 rings (SSSR count). The number of rotatable bonds is 10. The van der Waals surface area contributed by atoms with Gasteiger partial charge in [0.15, 0.2) is 5.75 Å². The van der Waals surface area contributed by atoms with Gasteiger partial charge in [-0.1, -0.05) is 37.3 Å². The molecule has 0 saturated heterocycles. The van der Waals surface area contributed by atoms with Gasteiger partial charge in [0.05, 0.1) is 35.5 Å². The largest absolute Gasteiger partial charge is 0.493 e. The van der Waals surface area contributed by atoms with Crippen LogP contribution in [0.1, 0.15) is 36.2 Å². The van der Waals surface area contributed by atoms with Crippen molar-refractivity contribution >= 4 is 33.0 Å². The third-order valence-corrected chi connectivity index (χ3v) is 7.40. The van der Waals surface area contributed by atoms with Crippen molar-refractivity contribution in [2.45, 2.75) is 43.0 Å². The standard InChI is InChI=1S/C27H31N3O5S/c1-5-19(3)29-27(32)21-13-9-10-14-22(21)30-25(31)17-28-23-15-18(2)16-24(26(23)35-4)36(33,34)20-11-7-6-8-12-20/h6-16,19,28H,5,17H2,1-4H3,(H,29,32)(H,30,31). The maximum atomic E-state index is 13.3. The van der Waals surface area contributed by atoms with Crippen LogP contribution in [0.3, 0.4) is 0 Å². The van der Waals surface area contributed by atoms with Gasteiger partial charge in [0, 0.05) is 6.04 Å². The average molecular weight is 510 g/mol. The second-order valence-electron chi connectivity index (χ2n) is 8.39. The van der Waals surface area contributed by atoms with E-state index in [4.69, 9.17) is 4.74 Å². The normalized spacial score (nSPS) is 11.9. The van der Waals surface area contributed by atoms with Crippen LogP contribution in [0.25, 0.3) is 0 Å². The van der Waals surface area contributed by atoms with Gasteiger partial charge < -0.3 is 20.7 Å². The number of sulfone groups is 1. The molecule has 3 N–H and O–H groups in total. The van der Waals surface area contributed by atoms with Gasteiger partial charge in [-0.05, 0) is 62.2 Å². The molecule has 36 heavy (non-hydrogen) atoms.